The van der Waals surface area contributed by atoms with Crippen molar-refractivity contribution in [2.24, 2.45) is 0 Å². The van der Waals surface area contributed by atoms with E-state index < -0.39 is 10.0 Å². The molecule has 0 radical (unpaired) electrons. The summed E-state index contributed by atoms with van der Waals surface area (Å²) in [4.78, 5) is 0.403. The SMILES string of the molecule is CC[C@H]1CCCCN1S(=O)(=O)c1cc(C)c(Cl)cc1C. The Labute approximate surface area is 127 Å². The van der Waals surface area contributed by atoms with Gasteiger partial charge in [-0.3, -0.25) is 0 Å². The quantitative estimate of drug-likeness (QED) is 0.848. The van der Waals surface area contributed by atoms with Crippen molar-refractivity contribution in [1.29, 1.82) is 0 Å². The fourth-order valence-corrected chi connectivity index (χ4v) is 5.14. The van der Waals surface area contributed by atoms with Gasteiger partial charge >= 0.3 is 0 Å². The number of aryl methyl sites for hydroxylation is 2. The van der Waals surface area contributed by atoms with Crippen LogP contribution in [0.2, 0.25) is 5.02 Å². The Morgan fingerprint density at radius 1 is 1.25 bits per heavy atom. The van der Waals surface area contributed by atoms with E-state index in [0.717, 1.165) is 36.8 Å². The van der Waals surface area contributed by atoms with Crippen LogP contribution < -0.4 is 0 Å². The van der Waals surface area contributed by atoms with Crippen LogP contribution in [0.5, 0.6) is 0 Å². The molecular formula is C15H22ClNO2S. The molecule has 1 aromatic carbocycles. The van der Waals surface area contributed by atoms with Gasteiger partial charge in [-0.2, -0.15) is 4.31 Å². The molecule has 1 atom stereocenters. The highest BCUT2D eigenvalue weighted by Crippen LogP contribution is 2.30. The van der Waals surface area contributed by atoms with E-state index in [0.29, 0.717) is 16.5 Å². The minimum atomic E-state index is -3.42. The van der Waals surface area contributed by atoms with Gasteiger partial charge in [0.15, 0.2) is 0 Å². The largest absolute Gasteiger partial charge is 0.243 e. The lowest BCUT2D eigenvalue weighted by molar-refractivity contribution is 0.246. The molecule has 2 rings (SSSR count). The van der Waals surface area contributed by atoms with E-state index in [1.165, 1.54) is 0 Å². The molecule has 3 nitrogen and oxygen atoms in total. The Hall–Kier alpha value is -0.580. The molecule has 1 heterocycles. The first-order valence-electron chi connectivity index (χ1n) is 7.16. The number of rotatable bonds is 3. The molecule has 0 spiro atoms. The summed E-state index contributed by atoms with van der Waals surface area (Å²) in [6, 6.07) is 3.58. The number of halogens is 1. The fraction of sp³-hybridized carbons (Fsp3) is 0.600. The van der Waals surface area contributed by atoms with Crippen LogP contribution in [0.3, 0.4) is 0 Å². The van der Waals surface area contributed by atoms with Crippen LogP contribution in [-0.2, 0) is 10.0 Å². The molecule has 20 heavy (non-hydrogen) atoms. The minimum Gasteiger partial charge on any atom is -0.207 e. The molecule has 0 bridgehead atoms. The number of nitrogens with zero attached hydrogens (tertiary/aromatic N) is 1. The van der Waals surface area contributed by atoms with E-state index in [1.807, 2.05) is 13.8 Å². The highest BCUT2D eigenvalue weighted by molar-refractivity contribution is 7.89. The third-order valence-electron chi connectivity index (χ3n) is 4.09. The van der Waals surface area contributed by atoms with Gasteiger partial charge < -0.3 is 0 Å². The molecule has 5 heteroatoms. The highest BCUT2D eigenvalue weighted by atomic mass is 35.5. The average Bonchev–Trinajstić information content (AvgIpc) is 2.42. The molecule has 1 aromatic rings. The number of benzene rings is 1. The lowest BCUT2D eigenvalue weighted by Crippen LogP contribution is -2.43. The predicted molar refractivity (Wildman–Crippen MR) is 82.7 cm³/mol. The van der Waals surface area contributed by atoms with E-state index in [9.17, 15) is 8.42 Å². The Balaban J connectivity index is 2.46. The second kappa shape index (κ2) is 6.04. The fourth-order valence-electron chi connectivity index (χ4n) is 2.86. The van der Waals surface area contributed by atoms with Crippen molar-refractivity contribution in [3.8, 4) is 0 Å². The first-order chi connectivity index (χ1) is 9.37. The Morgan fingerprint density at radius 3 is 2.60 bits per heavy atom. The van der Waals surface area contributed by atoms with Gasteiger partial charge in [0.2, 0.25) is 10.0 Å². The molecule has 0 aromatic heterocycles. The normalized spacial score (nSPS) is 21.1. The summed E-state index contributed by atoms with van der Waals surface area (Å²) in [6.45, 7) is 6.33. The van der Waals surface area contributed by atoms with Crippen molar-refractivity contribution in [2.45, 2.75) is 57.4 Å². The Bertz CT molecular complexity index is 598. The molecule has 1 aliphatic rings. The van der Waals surface area contributed by atoms with E-state index in [2.05, 4.69) is 6.92 Å². The molecule has 0 unspecified atom stereocenters. The first-order valence-corrected chi connectivity index (χ1v) is 8.98. The van der Waals surface area contributed by atoms with Gasteiger partial charge in [0.05, 0.1) is 4.90 Å². The first kappa shape index (κ1) is 15.8. The van der Waals surface area contributed by atoms with Crippen LogP contribution in [0.1, 0.15) is 43.7 Å². The molecule has 0 amide bonds. The number of sulfonamides is 1. The summed E-state index contributed by atoms with van der Waals surface area (Å²) in [6.07, 6.45) is 3.89. The molecule has 0 saturated carbocycles. The van der Waals surface area contributed by atoms with E-state index in [-0.39, 0.29) is 6.04 Å². The highest BCUT2D eigenvalue weighted by Gasteiger charge is 2.33. The topological polar surface area (TPSA) is 37.4 Å². The summed E-state index contributed by atoms with van der Waals surface area (Å²) in [7, 11) is -3.42. The van der Waals surface area contributed by atoms with Crippen molar-refractivity contribution in [3.63, 3.8) is 0 Å². The van der Waals surface area contributed by atoms with E-state index >= 15 is 0 Å². The van der Waals surface area contributed by atoms with Gasteiger partial charge in [-0.05, 0) is 56.4 Å². The van der Waals surface area contributed by atoms with Gasteiger partial charge in [0.25, 0.3) is 0 Å². The molecule has 1 aliphatic heterocycles. The van der Waals surface area contributed by atoms with Gasteiger partial charge in [0, 0.05) is 17.6 Å². The lowest BCUT2D eigenvalue weighted by Gasteiger charge is -2.34. The number of hydrogen-bond acceptors (Lipinski definition) is 2. The summed E-state index contributed by atoms with van der Waals surface area (Å²) < 4.78 is 27.5. The second-order valence-electron chi connectivity index (χ2n) is 5.54. The van der Waals surface area contributed by atoms with Crippen molar-refractivity contribution in [3.05, 3.63) is 28.3 Å². The molecule has 0 N–H and O–H groups in total. The zero-order valence-corrected chi connectivity index (χ0v) is 13.9. The molecule has 1 saturated heterocycles. The minimum absolute atomic E-state index is 0.129. The smallest absolute Gasteiger partial charge is 0.207 e. The van der Waals surface area contributed by atoms with E-state index in [1.54, 1.807) is 16.4 Å². The maximum atomic E-state index is 12.9. The summed E-state index contributed by atoms with van der Waals surface area (Å²) in [5.74, 6) is 0. The average molecular weight is 316 g/mol. The van der Waals surface area contributed by atoms with Crippen LogP contribution in [0.25, 0.3) is 0 Å². The van der Waals surface area contributed by atoms with Gasteiger partial charge in [0.1, 0.15) is 0 Å². The van der Waals surface area contributed by atoms with Gasteiger partial charge in [-0.15, -0.1) is 0 Å². The third-order valence-corrected chi connectivity index (χ3v) is 6.59. The van der Waals surface area contributed by atoms with Gasteiger partial charge in [-0.1, -0.05) is 24.9 Å². The number of hydrogen-bond donors (Lipinski definition) is 0. The van der Waals surface area contributed by atoms with Crippen LogP contribution in [0, 0.1) is 13.8 Å². The maximum Gasteiger partial charge on any atom is 0.243 e. The van der Waals surface area contributed by atoms with Crippen LogP contribution in [0.4, 0.5) is 0 Å². The number of piperidine rings is 1. The van der Waals surface area contributed by atoms with E-state index in [4.69, 9.17) is 11.6 Å². The Kier molecular flexibility index (Phi) is 4.77. The van der Waals surface area contributed by atoms with Crippen LogP contribution >= 0.6 is 11.6 Å². The molecule has 0 aliphatic carbocycles. The lowest BCUT2D eigenvalue weighted by atomic mass is 10.0. The summed E-state index contributed by atoms with van der Waals surface area (Å²) >= 11 is 6.07. The zero-order valence-electron chi connectivity index (χ0n) is 12.3. The third kappa shape index (κ3) is 2.87. The summed E-state index contributed by atoms with van der Waals surface area (Å²) in [5.41, 5.74) is 1.53. The molecular weight excluding hydrogens is 294 g/mol. The molecule has 1 fully saturated rings. The second-order valence-corrected chi connectivity index (χ2v) is 7.81. The summed E-state index contributed by atoms with van der Waals surface area (Å²) in [5, 5.41) is 0.618. The van der Waals surface area contributed by atoms with Crippen LogP contribution in [0.15, 0.2) is 17.0 Å². The van der Waals surface area contributed by atoms with Crippen molar-refractivity contribution in [2.75, 3.05) is 6.54 Å². The van der Waals surface area contributed by atoms with Crippen LogP contribution in [-0.4, -0.2) is 25.3 Å². The predicted octanol–water partition coefficient (Wildman–Crippen LogP) is 3.91. The standard InChI is InChI=1S/C15H22ClNO2S/c1-4-13-7-5-6-8-17(13)20(18,19)15-10-11(2)14(16)9-12(15)3/h9-10,13H,4-8H2,1-3H3/t13-/m0/s1. The van der Waals surface area contributed by atoms with Crippen molar-refractivity contribution in [1.82, 2.24) is 4.31 Å². The van der Waals surface area contributed by atoms with Crippen molar-refractivity contribution < 1.29 is 8.42 Å². The monoisotopic (exact) mass is 315 g/mol. The zero-order chi connectivity index (χ0) is 14.9. The Morgan fingerprint density at radius 2 is 1.95 bits per heavy atom. The van der Waals surface area contributed by atoms with Gasteiger partial charge in [-0.25, -0.2) is 8.42 Å². The van der Waals surface area contributed by atoms with Crippen molar-refractivity contribution >= 4 is 21.6 Å². The maximum absolute atomic E-state index is 12.9. The molecule has 112 valence electrons.